The quantitative estimate of drug-likeness (QED) is 0.608. The van der Waals surface area contributed by atoms with Gasteiger partial charge in [-0.3, -0.25) is 9.59 Å². The summed E-state index contributed by atoms with van der Waals surface area (Å²) < 4.78 is 0.943. The molecule has 3 aromatic rings. The third-order valence-corrected chi connectivity index (χ3v) is 6.14. The smallest absolute Gasteiger partial charge is 0.246 e. The predicted octanol–water partition coefficient (Wildman–Crippen LogP) is 4.84. The highest BCUT2D eigenvalue weighted by Crippen LogP contribution is 2.29. The molecule has 7 heteroatoms. The van der Waals surface area contributed by atoms with Crippen molar-refractivity contribution < 1.29 is 9.59 Å². The molecule has 1 aliphatic rings. The minimum Gasteiger partial charge on any atom is -0.339 e. The van der Waals surface area contributed by atoms with Gasteiger partial charge < -0.3 is 10.2 Å². The van der Waals surface area contributed by atoms with Crippen LogP contribution in [0.4, 0.5) is 5.13 Å². The van der Waals surface area contributed by atoms with Gasteiger partial charge in [0.15, 0.2) is 5.13 Å². The van der Waals surface area contributed by atoms with Gasteiger partial charge >= 0.3 is 0 Å². The summed E-state index contributed by atoms with van der Waals surface area (Å²) in [5, 5.41) is 4.15. The lowest BCUT2D eigenvalue weighted by atomic mass is 9.96. The Morgan fingerprint density at radius 2 is 1.90 bits per heavy atom. The zero-order chi connectivity index (χ0) is 20.2. The molecular formula is C22H20ClN3O2S. The van der Waals surface area contributed by atoms with E-state index in [4.69, 9.17) is 11.6 Å². The van der Waals surface area contributed by atoms with Crippen LogP contribution in [0.25, 0.3) is 16.3 Å². The Balaban J connectivity index is 1.31. The van der Waals surface area contributed by atoms with Gasteiger partial charge in [-0.25, -0.2) is 4.98 Å². The number of hydrogen-bond donors (Lipinski definition) is 1. The van der Waals surface area contributed by atoms with Gasteiger partial charge in [0.1, 0.15) is 0 Å². The van der Waals surface area contributed by atoms with Gasteiger partial charge in [-0.05, 0) is 42.7 Å². The molecule has 0 unspecified atom stereocenters. The van der Waals surface area contributed by atoms with Crippen LogP contribution in [0.3, 0.4) is 0 Å². The first-order chi connectivity index (χ1) is 14.1. The SMILES string of the molecule is O=C(Nc1nc2ccc(Cl)cc2s1)C1CCN(C(=O)/C=C/c2ccccc2)CC1. The predicted molar refractivity (Wildman–Crippen MR) is 118 cm³/mol. The van der Waals surface area contributed by atoms with E-state index in [2.05, 4.69) is 10.3 Å². The van der Waals surface area contributed by atoms with Crippen LogP contribution in [0.2, 0.25) is 5.02 Å². The van der Waals surface area contributed by atoms with Crippen molar-refractivity contribution in [1.29, 1.82) is 0 Å². The summed E-state index contributed by atoms with van der Waals surface area (Å²) in [4.78, 5) is 31.2. The highest BCUT2D eigenvalue weighted by molar-refractivity contribution is 7.22. The minimum absolute atomic E-state index is 0.0178. The maximum Gasteiger partial charge on any atom is 0.246 e. The Kier molecular flexibility index (Phi) is 5.92. The topological polar surface area (TPSA) is 62.3 Å². The Labute approximate surface area is 178 Å². The molecule has 0 radical (unpaired) electrons. The van der Waals surface area contributed by atoms with Crippen molar-refractivity contribution >= 4 is 56.2 Å². The number of thiazole rings is 1. The number of rotatable bonds is 4. The van der Waals surface area contributed by atoms with Crippen molar-refractivity contribution in [2.75, 3.05) is 18.4 Å². The van der Waals surface area contributed by atoms with E-state index in [1.807, 2.05) is 48.5 Å². The van der Waals surface area contributed by atoms with Gasteiger partial charge in [0, 0.05) is 30.1 Å². The molecule has 2 aromatic carbocycles. The number of amides is 2. The van der Waals surface area contributed by atoms with Gasteiger partial charge in [-0.15, -0.1) is 0 Å². The molecule has 1 fully saturated rings. The van der Waals surface area contributed by atoms with Crippen LogP contribution >= 0.6 is 22.9 Å². The van der Waals surface area contributed by atoms with Gasteiger partial charge in [0.05, 0.1) is 10.2 Å². The van der Waals surface area contributed by atoms with Gasteiger partial charge in [-0.1, -0.05) is 53.3 Å². The number of nitrogens with zero attached hydrogens (tertiary/aromatic N) is 2. The molecule has 1 aliphatic heterocycles. The molecule has 0 atom stereocenters. The second kappa shape index (κ2) is 8.76. The maximum atomic E-state index is 12.6. The lowest BCUT2D eigenvalue weighted by Gasteiger charge is -2.30. The third kappa shape index (κ3) is 4.83. The minimum atomic E-state index is -0.118. The van der Waals surface area contributed by atoms with E-state index >= 15 is 0 Å². The Hall–Kier alpha value is -2.70. The maximum absolute atomic E-state index is 12.6. The molecule has 2 amide bonds. The van der Waals surface area contributed by atoms with Crippen molar-refractivity contribution in [3.8, 4) is 0 Å². The fourth-order valence-corrected chi connectivity index (χ4v) is 4.50. The van der Waals surface area contributed by atoms with Gasteiger partial charge in [0.2, 0.25) is 11.8 Å². The number of carbonyl (C=O) groups excluding carboxylic acids is 2. The van der Waals surface area contributed by atoms with E-state index in [9.17, 15) is 9.59 Å². The van der Waals surface area contributed by atoms with E-state index in [0.717, 1.165) is 15.8 Å². The summed E-state index contributed by atoms with van der Waals surface area (Å²) in [5.41, 5.74) is 1.81. The van der Waals surface area contributed by atoms with Crippen LogP contribution in [0.5, 0.6) is 0 Å². The van der Waals surface area contributed by atoms with Crippen LogP contribution in [-0.4, -0.2) is 34.8 Å². The normalized spacial score (nSPS) is 15.1. The van der Waals surface area contributed by atoms with E-state index < -0.39 is 0 Å². The second-order valence-corrected chi connectivity index (χ2v) is 8.43. The summed E-state index contributed by atoms with van der Waals surface area (Å²) in [6, 6.07) is 15.2. The number of halogens is 1. The van der Waals surface area contributed by atoms with Gasteiger partial charge in [-0.2, -0.15) is 0 Å². The van der Waals surface area contributed by atoms with Crippen molar-refractivity contribution in [2.24, 2.45) is 5.92 Å². The molecule has 1 N–H and O–H groups in total. The van der Waals surface area contributed by atoms with Crippen LogP contribution < -0.4 is 5.32 Å². The van der Waals surface area contributed by atoms with Crippen molar-refractivity contribution in [1.82, 2.24) is 9.88 Å². The summed E-state index contributed by atoms with van der Waals surface area (Å²) in [6.45, 7) is 1.15. The standard InChI is InChI=1S/C22H20ClN3O2S/c23-17-7-8-18-19(14-17)29-22(24-18)25-21(28)16-10-12-26(13-11-16)20(27)9-6-15-4-2-1-3-5-15/h1-9,14,16H,10-13H2,(H,24,25,28)/b9-6+. The fraction of sp³-hybridized carbons (Fsp3) is 0.227. The fourth-order valence-electron chi connectivity index (χ4n) is 3.36. The second-order valence-electron chi connectivity index (χ2n) is 6.96. The zero-order valence-corrected chi connectivity index (χ0v) is 17.2. The number of anilines is 1. The zero-order valence-electron chi connectivity index (χ0n) is 15.7. The average Bonchev–Trinajstić information content (AvgIpc) is 3.14. The molecule has 0 spiro atoms. The summed E-state index contributed by atoms with van der Waals surface area (Å²) in [6.07, 6.45) is 4.71. The first-order valence-corrected chi connectivity index (χ1v) is 10.7. The monoisotopic (exact) mass is 425 g/mol. The van der Waals surface area contributed by atoms with Crippen LogP contribution in [-0.2, 0) is 9.59 Å². The molecule has 0 saturated carbocycles. The van der Waals surface area contributed by atoms with Crippen molar-refractivity contribution in [3.05, 3.63) is 65.2 Å². The van der Waals surface area contributed by atoms with Crippen LogP contribution in [0.1, 0.15) is 18.4 Å². The molecule has 29 heavy (non-hydrogen) atoms. The Morgan fingerprint density at radius 1 is 1.14 bits per heavy atom. The lowest BCUT2D eigenvalue weighted by molar-refractivity contribution is -0.130. The molecule has 1 saturated heterocycles. The number of aromatic nitrogens is 1. The first kappa shape index (κ1) is 19.6. The van der Waals surface area contributed by atoms with Crippen molar-refractivity contribution in [2.45, 2.75) is 12.8 Å². The number of fused-ring (bicyclic) bond motifs is 1. The molecule has 148 valence electrons. The Morgan fingerprint density at radius 3 is 2.66 bits per heavy atom. The molecule has 1 aromatic heterocycles. The largest absolute Gasteiger partial charge is 0.339 e. The Bertz CT molecular complexity index is 1060. The van der Waals surface area contributed by atoms with Crippen LogP contribution in [0.15, 0.2) is 54.6 Å². The van der Waals surface area contributed by atoms with Crippen molar-refractivity contribution in [3.63, 3.8) is 0 Å². The number of carbonyl (C=O) groups is 2. The highest BCUT2D eigenvalue weighted by Gasteiger charge is 2.27. The van der Waals surface area contributed by atoms with E-state index in [1.165, 1.54) is 11.3 Å². The number of likely N-dealkylation sites (tertiary alicyclic amines) is 1. The molecule has 4 rings (SSSR count). The first-order valence-electron chi connectivity index (χ1n) is 9.47. The van der Waals surface area contributed by atoms with Crippen LogP contribution in [0, 0.1) is 5.92 Å². The number of hydrogen-bond acceptors (Lipinski definition) is 4. The molecule has 0 aliphatic carbocycles. The number of nitrogens with one attached hydrogen (secondary N) is 1. The molecule has 0 bridgehead atoms. The summed E-state index contributed by atoms with van der Waals surface area (Å²) in [7, 11) is 0. The summed E-state index contributed by atoms with van der Waals surface area (Å²) >= 11 is 7.42. The van der Waals surface area contributed by atoms with E-state index in [0.29, 0.717) is 36.1 Å². The number of piperidine rings is 1. The summed E-state index contributed by atoms with van der Waals surface area (Å²) in [5.74, 6) is -0.175. The highest BCUT2D eigenvalue weighted by atomic mass is 35.5. The number of benzene rings is 2. The third-order valence-electron chi connectivity index (χ3n) is 4.98. The van der Waals surface area contributed by atoms with E-state index in [1.54, 1.807) is 17.0 Å². The van der Waals surface area contributed by atoms with E-state index in [-0.39, 0.29) is 17.7 Å². The lowest BCUT2D eigenvalue weighted by Crippen LogP contribution is -2.40. The average molecular weight is 426 g/mol. The van der Waals surface area contributed by atoms with Gasteiger partial charge in [0.25, 0.3) is 0 Å². The molecular weight excluding hydrogens is 406 g/mol. The molecule has 5 nitrogen and oxygen atoms in total. The molecule has 2 heterocycles.